The van der Waals surface area contributed by atoms with Crippen LogP contribution >= 0.6 is 22.6 Å². The molecule has 1 amide bonds. The lowest BCUT2D eigenvalue weighted by Crippen LogP contribution is -2.26. The van der Waals surface area contributed by atoms with Gasteiger partial charge in [-0.25, -0.2) is 0 Å². The monoisotopic (exact) mass is 375 g/mol. The smallest absolute Gasteiger partial charge is 0.311 e. The molecule has 1 atom stereocenters. The zero-order valence-electron chi connectivity index (χ0n) is 10.7. The third-order valence-electron chi connectivity index (χ3n) is 3.11. The van der Waals surface area contributed by atoms with Gasteiger partial charge >= 0.3 is 5.97 Å². The Bertz CT molecular complexity index is 517. The van der Waals surface area contributed by atoms with Crippen LogP contribution in [-0.4, -0.2) is 32.6 Å². The van der Waals surface area contributed by atoms with E-state index >= 15 is 0 Å². The van der Waals surface area contributed by atoms with Gasteiger partial charge < -0.3 is 14.4 Å². The fourth-order valence-electron chi connectivity index (χ4n) is 2.10. The Morgan fingerprint density at radius 2 is 2.16 bits per heavy atom. The number of methoxy groups -OCH3 is 2. The summed E-state index contributed by atoms with van der Waals surface area (Å²) in [5.74, 6) is -0.00629. The van der Waals surface area contributed by atoms with E-state index in [4.69, 9.17) is 4.74 Å². The zero-order valence-corrected chi connectivity index (χ0v) is 12.8. The SMILES string of the molecule is COC(=O)C1CC(=O)N(c2ccc(OC)c(I)c2)C1. The van der Waals surface area contributed by atoms with Crippen molar-refractivity contribution < 1.29 is 19.1 Å². The Kier molecular flexibility index (Phi) is 4.28. The standard InChI is InChI=1S/C13H14INO4/c1-18-11-4-3-9(6-10(11)14)15-7-8(5-12(15)16)13(17)19-2/h3-4,6,8H,5,7H2,1-2H3. The van der Waals surface area contributed by atoms with E-state index in [2.05, 4.69) is 27.3 Å². The molecule has 0 aromatic heterocycles. The first-order chi connectivity index (χ1) is 9.06. The average Bonchev–Trinajstić information content (AvgIpc) is 2.80. The lowest BCUT2D eigenvalue weighted by molar-refractivity contribution is -0.145. The number of halogens is 1. The molecule has 1 aromatic rings. The number of hydrogen-bond donors (Lipinski definition) is 0. The molecule has 0 N–H and O–H groups in total. The van der Waals surface area contributed by atoms with Crippen molar-refractivity contribution in [2.24, 2.45) is 5.92 Å². The van der Waals surface area contributed by atoms with Crippen molar-refractivity contribution in [2.45, 2.75) is 6.42 Å². The Morgan fingerprint density at radius 3 is 2.74 bits per heavy atom. The van der Waals surface area contributed by atoms with Gasteiger partial charge in [0.05, 0.1) is 23.7 Å². The minimum atomic E-state index is -0.378. The number of carbonyl (C=O) groups excluding carboxylic acids is 2. The fourth-order valence-corrected chi connectivity index (χ4v) is 2.82. The molecule has 102 valence electrons. The van der Waals surface area contributed by atoms with E-state index in [1.807, 2.05) is 18.2 Å². The van der Waals surface area contributed by atoms with Crippen LogP contribution in [0, 0.1) is 9.49 Å². The summed E-state index contributed by atoms with van der Waals surface area (Å²) in [4.78, 5) is 25.1. The number of anilines is 1. The van der Waals surface area contributed by atoms with Gasteiger partial charge in [0.2, 0.25) is 5.91 Å². The highest BCUT2D eigenvalue weighted by Gasteiger charge is 2.35. The number of hydrogen-bond acceptors (Lipinski definition) is 4. The lowest BCUT2D eigenvalue weighted by Gasteiger charge is -2.17. The van der Waals surface area contributed by atoms with Gasteiger partial charge in [0.15, 0.2) is 0 Å². The van der Waals surface area contributed by atoms with Crippen LogP contribution < -0.4 is 9.64 Å². The number of nitrogens with zero attached hydrogens (tertiary/aromatic N) is 1. The number of ether oxygens (including phenoxy) is 2. The van der Waals surface area contributed by atoms with Crippen LogP contribution in [-0.2, 0) is 14.3 Å². The van der Waals surface area contributed by atoms with Crippen LogP contribution in [0.2, 0.25) is 0 Å². The molecule has 1 unspecified atom stereocenters. The molecule has 5 nitrogen and oxygen atoms in total. The summed E-state index contributed by atoms with van der Waals surface area (Å²) < 4.78 is 10.8. The van der Waals surface area contributed by atoms with Gasteiger partial charge in [-0.3, -0.25) is 9.59 Å². The molecule has 0 spiro atoms. The quantitative estimate of drug-likeness (QED) is 0.598. The van der Waals surface area contributed by atoms with E-state index in [1.54, 1.807) is 12.0 Å². The maximum atomic E-state index is 12.0. The number of esters is 1. The van der Waals surface area contributed by atoms with Crippen LogP contribution in [0.25, 0.3) is 0 Å². The predicted molar refractivity (Wildman–Crippen MR) is 78.2 cm³/mol. The van der Waals surface area contributed by atoms with E-state index in [9.17, 15) is 9.59 Å². The molecule has 0 bridgehead atoms. The van der Waals surface area contributed by atoms with Gasteiger partial charge in [-0.2, -0.15) is 0 Å². The van der Waals surface area contributed by atoms with Gasteiger partial charge in [0.25, 0.3) is 0 Å². The largest absolute Gasteiger partial charge is 0.496 e. The van der Waals surface area contributed by atoms with E-state index in [0.717, 1.165) is 15.0 Å². The lowest BCUT2D eigenvalue weighted by atomic mass is 10.1. The first-order valence-electron chi connectivity index (χ1n) is 5.78. The highest BCUT2D eigenvalue weighted by atomic mass is 127. The number of amides is 1. The molecule has 1 aliphatic heterocycles. The summed E-state index contributed by atoms with van der Waals surface area (Å²) in [5.41, 5.74) is 0.779. The van der Waals surface area contributed by atoms with Gasteiger partial charge in [-0.1, -0.05) is 0 Å². The second-order valence-corrected chi connectivity index (χ2v) is 5.41. The minimum absolute atomic E-state index is 0.0589. The van der Waals surface area contributed by atoms with Crippen molar-refractivity contribution in [3.8, 4) is 5.75 Å². The Balaban J connectivity index is 2.21. The number of rotatable bonds is 3. The Morgan fingerprint density at radius 1 is 1.42 bits per heavy atom. The van der Waals surface area contributed by atoms with E-state index in [0.29, 0.717) is 6.54 Å². The third kappa shape index (κ3) is 2.83. The van der Waals surface area contributed by atoms with Gasteiger partial charge in [0.1, 0.15) is 5.75 Å². The van der Waals surface area contributed by atoms with Crippen molar-refractivity contribution in [2.75, 3.05) is 25.7 Å². The summed E-state index contributed by atoms with van der Waals surface area (Å²) in [6.45, 7) is 0.369. The van der Waals surface area contributed by atoms with Crippen molar-refractivity contribution in [3.05, 3.63) is 21.8 Å². The molecule has 1 aromatic carbocycles. The molecule has 0 radical (unpaired) electrons. The van der Waals surface area contributed by atoms with Crippen LogP contribution in [0.4, 0.5) is 5.69 Å². The molecule has 1 saturated heterocycles. The minimum Gasteiger partial charge on any atom is -0.496 e. The highest BCUT2D eigenvalue weighted by molar-refractivity contribution is 14.1. The molecule has 0 saturated carbocycles. The van der Waals surface area contributed by atoms with Gasteiger partial charge in [-0.05, 0) is 40.8 Å². The summed E-state index contributed by atoms with van der Waals surface area (Å²) in [5, 5.41) is 0. The topological polar surface area (TPSA) is 55.8 Å². The number of benzene rings is 1. The van der Waals surface area contributed by atoms with Crippen LogP contribution in [0.1, 0.15) is 6.42 Å². The van der Waals surface area contributed by atoms with E-state index in [1.165, 1.54) is 7.11 Å². The molecular formula is C13H14INO4. The fraction of sp³-hybridized carbons (Fsp3) is 0.385. The maximum absolute atomic E-state index is 12.0. The van der Waals surface area contributed by atoms with Gasteiger partial charge in [0, 0.05) is 18.7 Å². The number of carbonyl (C=O) groups is 2. The van der Waals surface area contributed by atoms with Crippen LogP contribution in [0.3, 0.4) is 0 Å². The molecule has 2 rings (SSSR count). The van der Waals surface area contributed by atoms with Crippen LogP contribution in [0.5, 0.6) is 5.75 Å². The summed E-state index contributed by atoms with van der Waals surface area (Å²) in [6.07, 6.45) is 0.204. The van der Waals surface area contributed by atoms with Crippen molar-refractivity contribution in [3.63, 3.8) is 0 Å². The van der Waals surface area contributed by atoms with Crippen molar-refractivity contribution in [1.29, 1.82) is 0 Å². The van der Waals surface area contributed by atoms with Crippen molar-refractivity contribution >= 4 is 40.2 Å². The molecule has 1 heterocycles. The normalized spacial score (nSPS) is 18.6. The molecule has 6 heteroatoms. The Labute approximate surface area is 125 Å². The molecule has 1 aliphatic rings. The maximum Gasteiger partial charge on any atom is 0.311 e. The molecular weight excluding hydrogens is 361 g/mol. The summed E-state index contributed by atoms with van der Waals surface area (Å²) in [6, 6.07) is 5.51. The highest BCUT2D eigenvalue weighted by Crippen LogP contribution is 2.30. The Hall–Kier alpha value is -1.31. The first-order valence-corrected chi connectivity index (χ1v) is 6.86. The van der Waals surface area contributed by atoms with Crippen LogP contribution in [0.15, 0.2) is 18.2 Å². The first kappa shape index (κ1) is 14.1. The van der Waals surface area contributed by atoms with Gasteiger partial charge in [-0.15, -0.1) is 0 Å². The van der Waals surface area contributed by atoms with E-state index < -0.39 is 0 Å². The summed E-state index contributed by atoms with van der Waals surface area (Å²) in [7, 11) is 2.94. The molecule has 19 heavy (non-hydrogen) atoms. The second-order valence-electron chi connectivity index (χ2n) is 4.25. The van der Waals surface area contributed by atoms with E-state index in [-0.39, 0.29) is 24.2 Å². The zero-order chi connectivity index (χ0) is 14.0. The van der Waals surface area contributed by atoms with Crippen molar-refractivity contribution in [1.82, 2.24) is 0 Å². The molecule has 1 fully saturated rings. The molecule has 0 aliphatic carbocycles. The second kappa shape index (κ2) is 5.77. The average molecular weight is 375 g/mol. The predicted octanol–water partition coefficient (Wildman–Crippen LogP) is 1.83. The third-order valence-corrected chi connectivity index (χ3v) is 3.95. The summed E-state index contributed by atoms with van der Waals surface area (Å²) >= 11 is 2.15.